The number of rotatable bonds is 4. The molecule has 0 unspecified atom stereocenters. The van der Waals surface area contributed by atoms with Crippen LogP contribution in [0.1, 0.15) is 13.3 Å². The van der Waals surface area contributed by atoms with Gasteiger partial charge < -0.3 is 17.5 Å². The van der Waals surface area contributed by atoms with Crippen LogP contribution in [0.25, 0.3) is 11.0 Å². The minimum atomic E-state index is -5.03. The van der Waals surface area contributed by atoms with Gasteiger partial charge in [0.05, 0.1) is 11.0 Å². The van der Waals surface area contributed by atoms with Crippen LogP contribution in [-0.2, 0) is 13.0 Å². The number of halogens is 3. The first kappa shape index (κ1) is 17.0. The van der Waals surface area contributed by atoms with Crippen molar-refractivity contribution >= 4 is 18.0 Å². The van der Waals surface area contributed by atoms with E-state index >= 15 is 0 Å². The Morgan fingerprint density at radius 2 is 1.63 bits per heavy atom. The number of benzene rings is 1. The Morgan fingerprint density at radius 3 is 2.11 bits per heavy atom. The van der Waals surface area contributed by atoms with Crippen LogP contribution < -0.4 is 57.1 Å². The zero-order valence-electron chi connectivity index (χ0n) is 10.9. The van der Waals surface area contributed by atoms with Crippen molar-refractivity contribution in [1.29, 1.82) is 0 Å². The van der Waals surface area contributed by atoms with E-state index in [1.54, 1.807) is 24.3 Å². The predicted octanol–water partition coefficient (Wildman–Crippen LogP) is -0.396. The van der Waals surface area contributed by atoms with Gasteiger partial charge in [-0.1, -0.05) is 19.1 Å². The van der Waals surface area contributed by atoms with Crippen molar-refractivity contribution in [1.82, 2.24) is 9.13 Å². The molecule has 0 spiro atoms. The summed E-state index contributed by atoms with van der Waals surface area (Å²) in [6.07, 6.45) is -0.485. The van der Waals surface area contributed by atoms with Crippen LogP contribution in [0.5, 0.6) is 0 Å². The van der Waals surface area contributed by atoms with Crippen molar-refractivity contribution in [3.63, 3.8) is 0 Å². The molecule has 98 valence electrons. The summed E-state index contributed by atoms with van der Waals surface area (Å²) in [5.41, 5.74) is 0.316. The monoisotopic (exact) mass is 296 g/mol. The molecule has 3 nitrogen and oxygen atoms in total. The molecule has 0 saturated heterocycles. The number of fused-ring (bicyclic) bond motifs is 1. The molecule has 1 aromatic carbocycles. The number of aryl methyl sites for hydroxylation is 1. The summed E-state index contributed by atoms with van der Waals surface area (Å²) in [7, 11) is 0. The molecule has 2 rings (SSSR count). The molecule has 0 N–H and O–H groups in total. The molecule has 8 heteroatoms. The first-order valence-electron chi connectivity index (χ1n) is 5.83. The standard InChI is InChI=1S/C11H13BF3N2O.K/c1-2-7-16-9-5-3-4-6-10(9)17(11(16)18)8-12(13,14)15;/h3-6H,2,7-8H2,1H3;/q-1;+1. The smallest absolute Gasteiger partial charge is 0.448 e. The second-order valence-electron chi connectivity index (χ2n) is 4.24. The van der Waals surface area contributed by atoms with Crippen LogP contribution in [0.15, 0.2) is 29.1 Å². The normalized spacial score (nSPS) is 11.6. The zero-order chi connectivity index (χ0) is 13.3. The Kier molecular flexibility index (Phi) is 5.94. The summed E-state index contributed by atoms with van der Waals surface area (Å²) in [6.45, 7) is -2.72. The van der Waals surface area contributed by atoms with E-state index in [-0.39, 0.29) is 51.4 Å². The maximum Gasteiger partial charge on any atom is 1.00 e. The molecule has 0 bridgehead atoms. The predicted molar refractivity (Wildman–Crippen MR) is 65.6 cm³/mol. The molecule has 0 atom stereocenters. The summed E-state index contributed by atoms with van der Waals surface area (Å²) in [4.78, 5) is 12.0. The molecule has 0 amide bonds. The van der Waals surface area contributed by atoms with E-state index in [9.17, 15) is 17.7 Å². The average Bonchev–Trinajstić information content (AvgIpc) is 2.54. The van der Waals surface area contributed by atoms with E-state index in [4.69, 9.17) is 0 Å². The van der Waals surface area contributed by atoms with E-state index in [0.29, 0.717) is 24.0 Å². The Morgan fingerprint density at radius 1 is 1.11 bits per heavy atom. The largest absolute Gasteiger partial charge is 1.00 e. The van der Waals surface area contributed by atoms with E-state index < -0.39 is 19.1 Å². The van der Waals surface area contributed by atoms with Crippen LogP contribution >= 0.6 is 0 Å². The Hall–Kier alpha value is -0.0187. The second kappa shape index (κ2) is 6.62. The van der Waals surface area contributed by atoms with Gasteiger partial charge in [-0.05, 0) is 25.0 Å². The zero-order valence-corrected chi connectivity index (χ0v) is 14.1. The van der Waals surface area contributed by atoms with Crippen molar-refractivity contribution in [2.45, 2.75) is 26.3 Å². The number of imidazole rings is 1. The Balaban J connectivity index is 0.00000180. The number of hydrogen-bond acceptors (Lipinski definition) is 1. The number of hydrogen-bond donors (Lipinski definition) is 0. The molecular weight excluding hydrogens is 283 g/mol. The van der Waals surface area contributed by atoms with E-state index in [1.807, 2.05) is 6.92 Å². The fourth-order valence-electron chi connectivity index (χ4n) is 2.10. The molecule has 19 heavy (non-hydrogen) atoms. The quantitative estimate of drug-likeness (QED) is 0.706. The summed E-state index contributed by atoms with van der Waals surface area (Å²) in [5.74, 6) is 0. The molecule has 0 aliphatic heterocycles. The SMILES string of the molecule is CCCn1c(=O)n(C[B-](F)(F)F)c2ccccc21.[K+]. The minimum absolute atomic E-state index is 0. The van der Waals surface area contributed by atoms with Gasteiger partial charge in [-0.3, -0.25) is 4.57 Å². The first-order chi connectivity index (χ1) is 8.44. The molecule has 0 fully saturated rings. The van der Waals surface area contributed by atoms with E-state index in [2.05, 4.69) is 0 Å². The van der Waals surface area contributed by atoms with Gasteiger partial charge in [0.25, 0.3) is 0 Å². The first-order valence-corrected chi connectivity index (χ1v) is 5.83. The summed E-state index contributed by atoms with van der Waals surface area (Å²) in [5, 5.41) is 0. The van der Waals surface area contributed by atoms with Crippen LogP contribution in [0.2, 0.25) is 0 Å². The number of aromatic nitrogens is 2. The van der Waals surface area contributed by atoms with Crippen molar-refractivity contribution < 1.29 is 64.3 Å². The third kappa shape index (κ3) is 3.75. The van der Waals surface area contributed by atoms with Crippen LogP contribution in [0.4, 0.5) is 12.9 Å². The molecule has 0 aliphatic carbocycles. The summed E-state index contributed by atoms with van der Waals surface area (Å²) in [6, 6.07) is 6.58. The van der Waals surface area contributed by atoms with E-state index in [0.717, 1.165) is 4.57 Å². The van der Waals surface area contributed by atoms with Gasteiger partial charge >= 0.3 is 64.1 Å². The van der Waals surface area contributed by atoms with Gasteiger partial charge in [0, 0.05) is 6.54 Å². The molecule has 0 radical (unpaired) electrons. The molecule has 0 aliphatic rings. The van der Waals surface area contributed by atoms with Crippen molar-refractivity contribution in [2.24, 2.45) is 0 Å². The van der Waals surface area contributed by atoms with Crippen LogP contribution in [-0.4, -0.2) is 16.1 Å². The second-order valence-corrected chi connectivity index (χ2v) is 4.24. The third-order valence-electron chi connectivity index (χ3n) is 2.76. The molecular formula is C11H13BF3KN2O. The van der Waals surface area contributed by atoms with Gasteiger partial charge in [0.2, 0.25) is 0 Å². The molecule has 0 saturated carbocycles. The van der Waals surface area contributed by atoms with Crippen molar-refractivity contribution in [2.75, 3.05) is 0 Å². The topological polar surface area (TPSA) is 26.9 Å². The summed E-state index contributed by atoms with van der Waals surface area (Å²) >= 11 is 0. The average molecular weight is 296 g/mol. The summed E-state index contributed by atoms with van der Waals surface area (Å²) < 4.78 is 39.8. The van der Waals surface area contributed by atoms with Crippen LogP contribution in [0, 0.1) is 0 Å². The molecule has 1 aromatic heterocycles. The number of para-hydroxylation sites is 2. The van der Waals surface area contributed by atoms with Gasteiger partial charge in [0.15, 0.2) is 0 Å². The molecule has 1 heterocycles. The fraction of sp³-hybridized carbons (Fsp3) is 0.364. The van der Waals surface area contributed by atoms with Crippen molar-refractivity contribution in [3.05, 3.63) is 34.7 Å². The maximum absolute atomic E-state index is 12.5. The van der Waals surface area contributed by atoms with Crippen molar-refractivity contribution in [3.8, 4) is 0 Å². The van der Waals surface area contributed by atoms with Gasteiger partial charge in [-0.2, -0.15) is 0 Å². The van der Waals surface area contributed by atoms with E-state index in [1.165, 1.54) is 4.57 Å². The Labute approximate surface area is 151 Å². The minimum Gasteiger partial charge on any atom is -0.448 e. The Bertz CT molecular complexity index is 620. The number of nitrogens with zero attached hydrogens (tertiary/aromatic N) is 2. The van der Waals surface area contributed by atoms with Gasteiger partial charge in [-0.15, -0.1) is 0 Å². The maximum atomic E-state index is 12.5. The van der Waals surface area contributed by atoms with Gasteiger partial charge in [0.1, 0.15) is 0 Å². The fourth-order valence-corrected chi connectivity index (χ4v) is 2.10. The third-order valence-corrected chi connectivity index (χ3v) is 2.76. The van der Waals surface area contributed by atoms with Gasteiger partial charge in [-0.25, -0.2) is 4.79 Å². The van der Waals surface area contributed by atoms with Crippen LogP contribution in [0.3, 0.4) is 0 Å². The molecule has 2 aromatic rings.